The Labute approximate surface area is 210 Å². The largest absolute Gasteiger partial charge is 0.449 e. The van der Waals surface area contributed by atoms with Gasteiger partial charge in [-0.1, -0.05) is 37.6 Å². The second-order valence-corrected chi connectivity index (χ2v) is 11.1. The molecule has 1 aromatic rings. The van der Waals surface area contributed by atoms with Crippen molar-refractivity contribution < 1.29 is 37.2 Å². The van der Waals surface area contributed by atoms with Gasteiger partial charge in [-0.25, -0.2) is 4.79 Å². The molecule has 0 aromatic heterocycles. The zero-order valence-electron chi connectivity index (χ0n) is 19.8. The Balaban J connectivity index is 2.03. The summed E-state index contributed by atoms with van der Waals surface area (Å²) in [5, 5.41) is 15.9. The molecule has 1 aliphatic heterocycles. The Bertz CT molecular complexity index is 1000. The van der Waals surface area contributed by atoms with Crippen molar-refractivity contribution >= 4 is 39.5 Å². The lowest BCUT2D eigenvalue weighted by Crippen LogP contribution is -2.44. The maximum absolute atomic E-state index is 13.1. The summed E-state index contributed by atoms with van der Waals surface area (Å²) in [4.78, 5) is 37.4. The number of aliphatic hydroxyl groups is 1. The number of carbonyl (C=O) groups is 3. The molecule has 4 atom stereocenters. The average Bonchev–Trinajstić information content (AvgIpc) is 3.15. The van der Waals surface area contributed by atoms with Crippen LogP contribution in [-0.2, 0) is 30.9 Å². The van der Waals surface area contributed by atoms with E-state index in [9.17, 15) is 32.5 Å². The summed E-state index contributed by atoms with van der Waals surface area (Å²) in [6.07, 6.45) is -0.270. The first-order valence-corrected chi connectivity index (χ1v) is 13.4. The van der Waals surface area contributed by atoms with Crippen molar-refractivity contribution in [2.45, 2.75) is 57.4 Å². The molecule has 0 saturated carbocycles. The van der Waals surface area contributed by atoms with E-state index < -0.39 is 51.7 Å². The van der Waals surface area contributed by atoms with Gasteiger partial charge < -0.3 is 20.5 Å². The molecule has 0 bridgehead atoms. The van der Waals surface area contributed by atoms with E-state index in [-0.39, 0.29) is 31.3 Å². The van der Waals surface area contributed by atoms with Crippen LogP contribution in [0.2, 0.25) is 5.02 Å². The second-order valence-electron chi connectivity index (χ2n) is 9.19. The van der Waals surface area contributed by atoms with E-state index in [1.54, 1.807) is 18.2 Å². The van der Waals surface area contributed by atoms with Gasteiger partial charge >= 0.3 is 6.09 Å². The number of carbonyl (C=O) groups excluding carboxylic acids is 3. The van der Waals surface area contributed by atoms with Crippen molar-refractivity contribution in [3.05, 3.63) is 34.9 Å². The molecular formula is C23H33ClN2O8S. The van der Waals surface area contributed by atoms with E-state index >= 15 is 0 Å². The number of ketones is 1. The van der Waals surface area contributed by atoms with Gasteiger partial charge in [-0.15, -0.1) is 0 Å². The highest BCUT2D eigenvalue weighted by atomic mass is 35.5. The quantitative estimate of drug-likeness (QED) is 0.282. The number of rotatable bonds is 13. The molecule has 12 heteroatoms. The molecule has 1 heterocycles. The van der Waals surface area contributed by atoms with E-state index in [1.807, 2.05) is 19.9 Å². The monoisotopic (exact) mass is 532 g/mol. The number of ether oxygens (including phenoxy) is 1. The zero-order chi connectivity index (χ0) is 26.2. The van der Waals surface area contributed by atoms with Gasteiger partial charge in [0.05, 0.1) is 12.6 Å². The number of hydrogen-bond acceptors (Lipinski definition) is 7. The van der Waals surface area contributed by atoms with Crippen LogP contribution in [0.25, 0.3) is 0 Å². The summed E-state index contributed by atoms with van der Waals surface area (Å²) in [5.74, 6) is -2.64. The van der Waals surface area contributed by atoms with Crippen molar-refractivity contribution in [1.82, 2.24) is 10.6 Å². The molecule has 1 aliphatic rings. The molecule has 196 valence electrons. The predicted octanol–water partition coefficient (Wildman–Crippen LogP) is 2.33. The maximum Gasteiger partial charge on any atom is 0.407 e. The van der Waals surface area contributed by atoms with Crippen LogP contribution < -0.4 is 10.6 Å². The predicted molar refractivity (Wildman–Crippen MR) is 129 cm³/mol. The first-order valence-electron chi connectivity index (χ1n) is 11.5. The molecule has 2 rings (SSSR count). The molecule has 10 nitrogen and oxygen atoms in total. The van der Waals surface area contributed by atoms with Gasteiger partial charge in [0, 0.05) is 36.2 Å². The number of hydrogen-bond donors (Lipinski definition) is 4. The Morgan fingerprint density at radius 3 is 2.60 bits per heavy atom. The van der Waals surface area contributed by atoms with Gasteiger partial charge in [0.2, 0.25) is 5.91 Å². The van der Waals surface area contributed by atoms with Crippen molar-refractivity contribution in [2.75, 3.05) is 13.2 Å². The molecular weight excluding hydrogens is 500 g/mol. The van der Waals surface area contributed by atoms with Crippen LogP contribution in [0, 0.1) is 17.8 Å². The average molecular weight is 533 g/mol. The number of halogens is 1. The van der Waals surface area contributed by atoms with E-state index in [0.29, 0.717) is 24.4 Å². The molecule has 2 amide bonds. The zero-order valence-corrected chi connectivity index (χ0v) is 21.3. The van der Waals surface area contributed by atoms with Crippen molar-refractivity contribution in [2.24, 2.45) is 17.8 Å². The van der Waals surface area contributed by atoms with Crippen LogP contribution in [-0.4, -0.2) is 60.5 Å². The van der Waals surface area contributed by atoms with Gasteiger partial charge in [-0.3, -0.25) is 14.1 Å². The Morgan fingerprint density at radius 2 is 2.03 bits per heavy atom. The number of benzene rings is 1. The molecule has 0 radical (unpaired) electrons. The van der Waals surface area contributed by atoms with Crippen LogP contribution in [0.3, 0.4) is 0 Å². The topological polar surface area (TPSA) is 159 Å². The van der Waals surface area contributed by atoms with Gasteiger partial charge in [0.15, 0.2) is 11.2 Å². The van der Waals surface area contributed by atoms with Gasteiger partial charge in [0.1, 0.15) is 0 Å². The van der Waals surface area contributed by atoms with Crippen LogP contribution in [0.5, 0.6) is 0 Å². The summed E-state index contributed by atoms with van der Waals surface area (Å²) in [7, 11) is -4.87. The van der Waals surface area contributed by atoms with Crippen LogP contribution in [0.1, 0.15) is 45.1 Å². The molecule has 1 fully saturated rings. The molecule has 0 aliphatic carbocycles. The standard InChI is InChI=1S/C23H33ClN2O8S/c1-14(2)10-19(26-23(30)34-9-7-15-4-3-5-18(24)11-15)20(27)13-17(22(29)35(31,32)33)12-16-6-8-25-21(16)28/h3-5,11,14,16-17,19,22,29H,6-10,12-13H2,1-2H3,(H,25,28)(H,26,30)(H,31,32,33)/t16-,17+,19-,22?/m0/s1. The lowest BCUT2D eigenvalue weighted by atomic mass is 9.87. The Kier molecular flexibility index (Phi) is 10.9. The van der Waals surface area contributed by atoms with E-state index in [4.69, 9.17) is 16.3 Å². The Morgan fingerprint density at radius 1 is 1.31 bits per heavy atom. The van der Waals surface area contributed by atoms with Gasteiger partial charge in [-0.05, 0) is 42.9 Å². The molecule has 1 unspecified atom stereocenters. The fraction of sp³-hybridized carbons (Fsp3) is 0.609. The fourth-order valence-electron chi connectivity index (χ4n) is 4.06. The van der Waals surface area contributed by atoms with Crippen molar-refractivity contribution in [1.29, 1.82) is 0 Å². The van der Waals surface area contributed by atoms with Crippen LogP contribution in [0.4, 0.5) is 4.79 Å². The van der Waals surface area contributed by atoms with Gasteiger partial charge in [-0.2, -0.15) is 8.42 Å². The third-order valence-corrected chi connectivity index (χ3v) is 7.05. The van der Waals surface area contributed by atoms with E-state index in [2.05, 4.69) is 10.6 Å². The first kappa shape index (κ1) is 29.0. The normalized spacial score (nSPS) is 18.6. The minimum Gasteiger partial charge on any atom is -0.449 e. The highest BCUT2D eigenvalue weighted by Crippen LogP contribution is 2.28. The number of aliphatic hydroxyl groups excluding tert-OH is 1. The summed E-state index contributed by atoms with van der Waals surface area (Å²) in [5.41, 5.74) is -1.36. The van der Waals surface area contributed by atoms with Gasteiger partial charge in [0.25, 0.3) is 10.1 Å². The molecule has 1 aromatic carbocycles. The molecule has 0 spiro atoms. The minimum absolute atomic E-state index is 0.00117. The van der Waals surface area contributed by atoms with Crippen LogP contribution >= 0.6 is 11.6 Å². The number of Topliss-reactive ketones (excluding diaryl/α,β-unsaturated/α-hetero) is 1. The first-order chi connectivity index (χ1) is 16.4. The van der Waals surface area contributed by atoms with Crippen molar-refractivity contribution in [3.63, 3.8) is 0 Å². The fourth-order valence-corrected chi connectivity index (χ4v) is 4.97. The van der Waals surface area contributed by atoms with E-state index in [1.165, 1.54) is 0 Å². The smallest absolute Gasteiger partial charge is 0.407 e. The third kappa shape index (κ3) is 9.75. The summed E-state index contributed by atoms with van der Waals surface area (Å²) in [6, 6.07) is 6.10. The molecule has 4 N–H and O–H groups in total. The van der Waals surface area contributed by atoms with Crippen molar-refractivity contribution in [3.8, 4) is 0 Å². The minimum atomic E-state index is -4.87. The lowest BCUT2D eigenvalue weighted by Gasteiger charge is -2.25. The van der Waals surface area contributed by atoms with Crippen LogP contribution in [0.15, 0.2) is 24.3 Å². The summed E-state index contributed by atoms with van der Waals surface area (Å²) >= 11 is 5.94. The lowest BCUT2D eigenvalue weighted by molar-refractivity contribution is -0.125. The molecule has 1 saturated heterocycles. The number of nitrogens with one attached hydrogen (secondary N) is 2. The number of alkyl carbamates (subject to hydrolysis) is 1. The molecule has 35 heavy (non-hydrogen) atoms. The highest BCUT2D eigenvalue weighted by Gasteiger charge is 2.38. The Hall–Kier alpha value is -2.21. The summed E-state index contributed by atoms with van der Waals surface area (Å²) in [6.45, 7) is 4.15. The number of amides is 2. The van der Waals surface area contributed by atoms with E-state index in [0.717, 1.165) is 5.56 Å². The summed E-state index contributed by atoms with van der Waals surface area (Å²) < 4.78 is 37.7. The third-order valence-electron chi connectivity index (χ3n) is 5.82. The second kappa shape index (κ2) is 13.2. The SMILES string of the molecule is CC(C)C[C@H](NC(=O)OCCc1cccc(Cl)c1)C(=O)C[C@@H](C[C@@H]1CCNC1=O)C(O)S(=O)(=O)O. The maximum atomic E-state index is 13.1. The highest BCUT2D eigenvalue weighted by molar-refractivity contribution is 7.86.